The normalized spacial score (nSPS) is 12.4. The van der Waals surface area contributed by atoms with Gasteiger partial charge in [0, 0.05) is 16.1 Å². The average Bonchev–Trinajstić information content (AvgIpc) is 2.89. The van der Waals surface area contributed by atoms with Gasteiger partial charge in [-0.15, -0.1) is 0 Å². The van der Waals surface area contributed by atoms with Crippen molar-refractivity contribution in [1.29, 1.82) is 0 Å². The Bertz CT molecular complexity index is 604. The van der Waals surface area contributed by atoms with Gasteiger partial charge >= 0.3 is 5.97 Å². The molecule has 4 nitrogen and oxygen atoms in total. The SMILES string of the molecule is CCOC(=O)C(c1cc(-c2ccc(Br)cc2)no1)C(C)C. The summed E-state index contributed by atoms with van der Waals surface area (Å²) in [4.78, 5) is 12.1. The lowest BCUT2D eigenvalue weighted by Crippen LogP contribution is -2.20. The van der Waals surface area contributed by atoms with Crippen molar-refractivity contribution in [2.45, 2.75) is 26.7 Å². The third-order valence-corrected chi connectivity index (χ3v) is 3.71. The van der Waals surface area contributed by atoms with Gasteiger partial charge in [-0.25, -0.2) is 0 Å². The lowest BCUT2D eigenvalue weighted by Gasteiger charge is -2.15. The number of carbonyl (C=O) groups is 1. The second-order valence-electron chi connectivity index (χ2n) is 5.10. The van der Waals surface area contributed by atoms with Crippen LogP contribution in [0.3, 0.4) is 0 Å². The van der Waals surface area contributed by atoms with Crippen molar-refractivity contribution in [3.8, 4) is 11.3 Å². The Morgan fingerprint density at radius 3 is 2.57 bits per heavy atom. The molecule has 0 aliphatic carbocycles. The van der Waals surface area contributed by atoms with E-state index in [4.69, 9.17) is 9.26 Å². The third kappa shape index (κ3) is 3.73. The molecule has 1 unspecified atom stereocenters. The Morgan fingerprint density at radius 2 is 2.00 bits per heavy atom. The molecule has 21 heavy (non-hydrogen) atoms. The lowest BCUT2D eigenvalue weighted by molar-refractivity contribution is -0.146. The Kier molecular flexibility index (Phi) is 5.17. The monoisotopic (exact) mass is 351 g/mol. The number of carbonyl (C=O) groups excluding carboxylic acids is 1. The number of benzene rings is 1. The molecule has 0 aliphatic heterocycles. The molecule has 0 amide bonds. The number of rotatable bonds is 5. The number of halogens is 1. The van der Waals surface area contributed by atoms with E-state index in [0.717, 1.165) is 10.0 Å². The van der Waals surface area contributed by atoms with Crippen LogP contribution >= 0.6 is 15.9 Å². The smallest absolute Gasteiger partial charge is 0.317 e. The molecular weight excluding hydrogens is 334 g/mol. The van der Waals surface area contributed by atoms with Crippen LogP contribution in [0.2, 0.25) is 0 Å². The van der Waals surface area contributed by atoms with Crippen LogP contribution in [0.15, 0.2) is 39.3 Å². The van der Waals surface area contributed by atoms with Gasteiger partial charge in [0.2, 0.25) is 0 Å². The first kappa shape index (κ1) is 15.8. The van der Waals surface area contributed by atoms with E-state index in [0.29, 0.717) is 18.1 Å². The summed E-state index contributed by atoms with van der Waals surface area (Å²) >= 11 is 3.40. The molecule has 0 fully saturated rings. The van der Waals surface area contributed by atoms with Gasteiger partial charge in [0.25, 0.3) is 0 Å². The second-order valence-corrected chi connectivity index (χ2v) is 6.01. The number of ether oxygens (including phenoxy) is 1. The number of esters is 1. The standard InChI is InChI=1S/C16H18BrNO3/c1-4-20-16(19)15(10(2)3)14-9-13(18-21-14)11-5-7-12(17)8-6-11/h5-10,15H,4H2,1-3H3. The van der Waals surface area contributed by atoms with Crippen LogP contribution in [0.5, 0.6) is 0 Å². The Morgan fingerprint density at radius 1 is 1.33 bits per heavy atom. The van der Waals surface area contributed by atoms with E-state index in [1.807, 2.05) is 44.2 Å². The highest BCUT2D eigenvalue weighted by molar-refractivity contribution is 9.10. The molecule has 0 bridgehead atoms. The van der Waals surface area contributed by atoms with Gasteiger partial charge in [-0.1, -0.05) is 47.1 Å². The first-order valence-electron chi connectivity index (χ1n) is 6.92. The summed E-state index contributed by atoms with van der Waals surface area (Å²) in [5, 5.41) is 4.06. The van der Waals surface area contributed by atoms with Crippen molar-refractivity contribution in [3.05, 3.63) is 40.6 Å². The topological polar surface area (TPSA) is 52.3 Å². The summed E-state index contributed by atoms with van der Waals surface area (Å²) in [6, 6.07) is 9.58. The molecule has 1 heterocycles. The molecule has 2 aromatic rings. The first-order valence-corrected chi connectivity index (χ1v) is 7.71. The van der Waals surface area contributed by atoms with Crippen molar-refractivity contribution in [1.82, 2.24) is 5.16 Å². The van der Waals surface area contributed by atoms with Crippen molar-refractivity contribution < 1.29 is 14.1 Å². The van der Waals surface area contributed by atoms with Crippen molar-refractivity contribution >= 4 is 21.9 Å². The fourth-order valence-corrected chi connectivity index (χ4v) is 2.41. The zero-order chi connectivity index (χ0) is 15.4. The highest BCUT2D eigenvalue weighted by Crippen LogP contribution is 2.30. The minimum absolute atomic E-state index is 0.0785. The Balaban J connectivity index is 2.28. The highest BCUT2D eigenvalue weighted by atomic mass is 79.9. The highest BCUT2D eigenvalue weighted by Gasteiger charge is 2.29. The zero-order valence-corrected chi connectivity index (χ0v) is 13.9. The van der Waals surface area contributed by atoms with E-state index in [-0.39, 0.29) is 11.9 Å². The van der Waals surface area contributed by atoms with E-state index in [2.05, 4.69) is 21.1 Å². The second kappa shape index (κ2) is 6.89. The number of nitrogens with zero attached hydrogens (tertiary/aromatic N) is 1. The van der Waals surface area contributed by atoms with Gasteiger partial charge in [-0.2, -0.15) is 0 Å². The summed E-state index contributed by atoms with van der Waals surface area (Å²) in [5.41, 5.74) is 1.66. The molecule has 112 valence electrons. The van der Waals surface area contributed by atoms with Gasteiger partial charge in [0.15, 0.2) is 5.76 Å². The van der Waals surface area contributed by atoms with Gasteiger partial charge in [-0.3, -0.25) is 4.79 Å². The van der Waals surface area contributed by atoms with Crippen LogP contribution in [-0.2, 0) is 9.53 Å². The van der Waals surface area contributed by atoms with Crippen molar-refractivity contribution in [2.24, 2.45) is 5.92 Å². The van der Waals surface area contributed by atoms with Crippen LogP contribution in [0.1, 0.15) is 32.4 Å². The maximum Gasteiger partial charge on any atom is 0.317 e. The lowest BCUT2D eigenvalue weighted by atomic mass is 9.93. The predicted octanol–water partition coefficient (Wildman–Crippen LogP) is 4.41. The Labute approximate surface area is 132 Å². The van der Waals surface area contributed by atoms with E-state index >= 15 is 0 Å². The molecule has 1 atom stereocenters. The van der Waals surface area contributed by atoms with Crippen molar-refractivity contribution in [2.75, 3.05) is 6.61 Å². The molecular formula is C16H18BrNO3. The molecule has 2 rings (SSSR count). The predicted molar refractivity (Wildman–Crippen MR) is 83.9 cm³/mol. The molecule has 0 saturated carbocycles. The van der Waals surface area contributed by atoms with Crippen LogP contribution in [0.25, 0.3) is 11.3 Å². The molecule has 0 saturated heterocycles. The van der Waals surface area contributed by atoms with Crippen LogP contribution < -0.4 is 0 Å². The summed E-state index contributed by atoms with van der Waals surface area (Å²) in [6.45, 7) is 6.07. The Hall–Kier alpha value is -1.62. The molecule has 0 radical (unpaired) electrons. The van der Waals surface area contributed by atoms with Gasteiger partial charge in [-0.05, 0) is 25.0 Å². The zero-order valence-electron chi connectivity index (χ0n) is 12.3. The third-order valence-electron chi connectivity index (χ3n) is 3.18. The van der Waals surface area contributed by atoms with E-state index in [1.54, 1.807) is 6.92 Å². The van der Waals surface area contributed by atoms with Crippen LogP contribution in [0, 0.1) is 5.92 Å². The molecule has 1 aromatic carbocycles. The molecule has 5 heteroatoms. The van der Waals surface area contributed by atoms with Crippen LogP contribution in [0.4, 0.5) is 0 Å². The molecule has 0 spiro atoms. The quantitative estimate of drug-likeness (QED) is 0.748. The number of aromatic nitrogens is 1. The summed E-state index contributed by atoms with van der Waals surface area (Å²) in [7, 11) is 0. The fraction of sp³-hybridized carbons (Fsp3) is 0.375. The maximum absolute atomic E-state index is 12.1. The number of hydrogen-bond donors (Lipinski definition) is 0. The van der Waals surface area contributed by atoms with Gasteiger partial charge < -0.3 is 9.26 Å². The van der Waals surface area contributed by atoms with Gasteiger partial charge in [0.1, 0.15) is 11.6 Å². The molecule has 1 aromatic heterocycles. The molecule has 0 N–H and O–H groups in total. The average molecular weight is 352 g/mol. The largest absolute Gasteiger partial charge is 0.465 e. The van der Waals surface area contributed by atoms with E-state index in [1.165, 1.54) is 0 Å². The summed E-state index contributed by atoms with van der Waals surface area (Å²) < 4.78 is 11.5. The van der Waals surface area contributed by atoms with Crippen molar-refractivity contribution in [3.63, 3.8) is 0 Å². The first-order chi connectivity index (χ1) is 10.0. The fourth-order valence-electron chi connectivity index (χ4n) is 2.14. The summed E-state index contributed by atoms with van der Waals surface area (Å²) in [5.74, 6) is -0.0798. The summed E-state index contributed by atoms with van der Waals surface area (Å²) in [6.07, 6.45) is 0. The van der Waals surface area contributed by atoms with E-state index in [9.17, 15) is 4.79 Å². The minimum atomic E-state index is -0.429. The van der Waals surface area contributed by atoms with Gasteiger partial charge in [0.05, 0.1) is 6.61 Å². The van der Waals surface area contributed by atoms with Crippen LogP contribution in [-0.4, -0.2) is 17.7 Å². The van der Waals surface area contributed by atoms with E-state index < -0.39 is 5.92 Å². The molecule has 0 aliphatic rings. The maximum atomic E-state index is 12.1. The minimum Gasteiger partial charge on any atom is -0.465 e. The number of hydrogen-bond acceptors (Lipinski definition) is 4.